The van der Waals surface area contributed by atoms with E-state index < -0.39 is 5.54 Å². The van der Waals surface area contributed by atoms with Gasteiger partial charge in [0.05, 0.1) is 11.8 Å². The van der Waals surface area contributed by atoms with Gasteiger partial charge in [0.1, 0.15) is 0 Å². The third kappa shape index (κ3) is 1.55. The highest BCUT2D eigenvalue weighted by Crippen LogP contribution is 2.54. The van der Waals surface area contributed by atoms with Gasteiger partial charge in [0.15, 0.2) is 0 Å². The molecule has 1 heterocycles. The molecule has 0 aromatic rings. The van der Waals surface area contributed by atoms with Crippen molar-refractivity contribution in [2.45, 2.75) is 38.6 Å². The van der Waals surface area contributed by atoms with Crippen LogP contribution in [0.25, 0.3) is 0 Å². The zero-order chi connectivity index (χ0) is 13.8. The number of hydrogen-bond donors (Lipinski definition) is 1. The van der Waals surface area contributed by atoms with Crippen molar-refractivity contribution in [2.75, 3.05) is 6.61 Å². The zero-order valence-corrected chi connectivity index (χ0v) is 11.5. The van der Waals surface area contributed by atoms with E-state index in [0.717, 1.165) is 6.42 Å². The second-order valence-corrected chi connectivity index (χ2v) is 6.34. The summed E-state index contributed by atoms with van der Waals surface area (Å²) in [5.41, 5.74) is -0.535. The fraction of sp³-hybridized carbons (Fsp3) is 0.733. The number of carbonyl (C=O) groups is 2. The third-order valence-electron chi connectivity index (χ3n) is 5.42. The van der Waals surface area contributed by atoms with E-state index in [4.69, 9.17) is 0 Å². The van der Waals surface area contributed by atoms with Crippen LogP contribution in [0.1, 0.15) is 33.1 Å². The summed E-state index contributed by atoms with van der Waals surface area (Å²) in [6.45, 7) is 3.88. The molecule has 2 bridgehead atoms. The van der Waals surface area contributed by atoms with E-state index in [2.05, 4.69) is 12.2 Å². The first-order chi connectivity index (χ1) is 9.03. The van der Waals surface area contributed by atoms with Gasteiger partial charge >= 0.3 is 0 Å². The van der Waals surface area contributed by atoms with Crippen LogP contribution in [0.3, 0.4) is 0 Å². The van der Waals surface area contributed by atoms with E-state index in [0.29, 0.717) is 12.8 Å². The highest BCUT2D eigenvalue weighted by atomic mass is 16.3. The molecule has 19 heavy (non-hydrogen) atoms. The van der Waals surface area contributed by atoms with Gasteiger partial charge in [-0.2, -0.15) is 0 Å². The number of rotatable bonds is 4. The molecule has 5 atom stereocenters. The fourth-order valence-electron chi connectivity index (χ4n) is 4.12. The minimum atomic E-state index is -0.535. The van der Waals surface area contributed by atoms with Crippen molar-refractivity contribution in [1.82, 2.24) is 4.90 Å². The molecule has 4 nitrogen and oxygen atoms in total. The van der Waals surface area contributed by atoms with Crippen LogP contribution in [-0.4, -0.2) is 34.0 Å². The summed E-state index contributed by atoms with van der Waals surface area (Å²) in [6.07, 6.45) is 6.33. The molecular weight excluding hydrogens is 242 g/mol. The number of carbonyl (C=O) groups excluding carboxylic acids is 2. The maximum atomic E-state index is 12.7. The van der Waals surface area contributed by atoms with E-state index in [9.17, 15) is 14.7 Å². The highest BCUT2D eigenvalue weighted by Gasteiger charge is 2.61. The van der Waals surface area contributed by atoms with Crippen LogP contribution in [0, 0.1) is 23.7 Å². The SMILES string of the molecule is CCC(C)(CCO)N1C(=O)C2C3C=CC(C3)C2C1=O. The molecule has 3 aliphatic rings. The standard InChI is InChI=1S/C15H21NO3/c1-3-15(2,6-7-17)16-13(18)11-9-4-5-10(8-9)12(11)14(16)19/h4-5,9-12,17H,3,6-8H2,1-2H3. The summed E-state index contributed by atoms with van der Waals surface area (Å²) >= 11 is 0. The molecule has 1 saturated heterocycles. The summed E-state index contributed by atoms with van der Waals surface area (Å²) in [5, 5.41) is 9.22. The van der Waals surface area contributed by atoms with E-state index in [-0.39, 0.29) is 42.1 Å². The molecule has 4 heteroatoms. The number of aliphatic hydroxyl groups excluding tert-OH is 1. The Labute approximate surface area is 113 Å². The lowest BCUT2D eigenvalue weighted by Gasteiger charge is -2.37. The largest absolute Gasteiger partial charge is 0.396 e. The van der Waals surface area contributed by atoms with E-state index in [1.165, 1.54) is 4.90 Å². The average molecular weight is 263 g/mol. The molecule has 0 radical (unpaired) electrons. The molecule has 1 N–H and O–H groups in total. The predicted octanol–water partition coefficient (Wildman–Crippen LogP) is 1.34. The minimum absolute atomic E-state index is 0.00183. The molecule has 0 spiro atoms. The minimum Gasteiger partial charge on any atom is -0.396 e. The topological polar surface area (TPSA) is 57.6 Å². The Bertz CT molecular complexity index is 428. The number of amides is 2. The van der Waals surface area contributed by atoms with Crippen LogP contribution in [0.4, 0.5) is 0 Å². The van der Waals surface area contributed by atoms with Gasteiger partial charge in [0.25, 0.3) is 0 Å². The van der Waals surface area contributed by atoms with E-state index >= 15 is 0 Å². The first kappa shape index (κ1) is 12.9. The Hall–Kier alpha value is -1.16. The quantitative estimate of drug-likeness (QED) is 0.615. The second-order valence-electron chi connectivity index (χ2n) is 6.34. The molecule has 3 rings (SSSR count). The first-order valence-corrected chi connectivity index (χ1v) is 7.20. The lowest BCUT2D eigenvalue weighted by atomic mass is 9.85. The average Bonchev–Trinajstić information content (AvgIpc) is 3.04. The molecule has 1 saturated carbocycles. The van der Waals surface area contributed by atoms with E-state index in [1.54, 1.807) is 0 Å². The lowest BCUT2D eigenvalue weighted by molar-refractivity contribution is -0.148. The Balaban J connectivity index is 1.94. The summed E-state index contributed by atoms with van der Waals surface area (Å²) in [6, 6.07) is 0. The van der Waals surface area contributed by atoms with Gasteiger partial charge in [-0.1, -0.05) is 19.1 Å². The van der Waals surface area contributed by atoms with Gasteiger partial charge in [-0.3, -0.25) is 14.5 Å². The van der Waals surface area contributed by atoms with Gasteiger partial charge in [0.2, 0.25) is 11.8 Å². The summed E-state index contributed by atoms with van der Waals surface area (Å²) in [5.74, 6) is 0.229. The molecule has 104 valence electrons. The number of fused-ring (bicyclic) bond motifs is 5. The maximum absolute atomic E-state index is 12.7. The number of aliphatic hydroxyl groups is 1. The van der Waals surface area contributed by atoms with Gasteiger partial charge in [-0.15, -0.1) is 0 Å². The number of allylic oxidation sites excluding steroid dienone is 2. The van der Waals surface area contributed by atoms with Crippen molar-refractivity contribution < 1.29 is 14.7 Å². The Morgan fingerprint density at radius 2 is 1.79 bits per heavy atom. The van der Waals surface area contributed by atoms with Crippen LogP contribution in [0.15, 0.2) is 12.2 Å². The Morgan fingerprint density at radius 1 is 1.26 bits per heavy atom. The molecule has 1 aliphatic heterocycles. The maximum Gasteiger partial charge on any atom is 0.234 e. The number of likely N-dealkylation sites (tertiary alicyclic amines) is 1. The molecule has 2 amide bonds. The van der Waals surface area contributed by atoms with Gasteiger partial charge in [0, 0.05) is 12.1 Å². The normalized spacial score (nSPS) is 39.0. The smallest absolute Gasteiger partial charge is 0.234 e. The van der Waals surface area contributed by atoms with Crippen LogP contribution < -0.4 is 0 Å². The number of nitrogens with zero attached hydrogens (tertiary/aromatic N) is 1. The molecule has 0 aromatic heterocycles. The monoisotopic (exact) mass is 263 g/mol. The third-order valence-corrected chi connectivity index (χ3v) is 5.42. The van der Waals surface area contributed by atoms with Crippen molar-refractivity contribution in [1.29, 1.82) is 0 Å². The number of hydrogen-bond acceptors (Lipinski definition) is 3. The molecule has 0 aromatic carbocycles. The highest BCUT2D eigenvalue weighted by molar-refractivity contribution is 6.07. The van der Waals surface area contributed by atoms with Crippen LogP contribution in [0.5, 0.6) is 0 Å². The first-order valence-electron chi connectivity index (χ1n) is 7.20. The van der Waals surface area contributed by atoms with Crippen molar-refractivity contribution in [3.8, 4) is 0 Å². The van der Waals surface area contributed by atoms with Crippen LogP contribution >= 0.6 is 0 Å². The number of imide groups is 1. The Kier molecular flexibility index (Phi) is 2.82. The van der Waals surface area contributed by atoms with Gasteiger partial charge < -0.3 is 5.11 Å². The summed E-state index contributed by atoms with van der Waals surface area (Å²) in [7, 11) is 0. The fourth-order valence-corrected chi connectivity index (χ4v) is 4.12. The van der Waals surface area contributed by atoms with Crippen LogP contribution in [-0.2, 0) is 9.59 Å². The summed E-state index contributed by atoms with van der Waals surface area (Å²) in [4.78, 5) is 26.8. The van der Waals surface area contributed by atoms with Crippen molar-refractivity contribution in [3.63, 3.8) is 0 Å². The Morgan fingerprint density at radius 3 is 2.21 bits per heavy atom. The second kappa shape index (κ2) is 4.17. The zero-order valence-electron chi connectivity index (χ0n) is 11.5. The van der Waals surface area contributed by atoms with Crippen molar-refractivity contribution >= 4 is 11.8 Å². The molecule has 2 aliphatic carbocycles. The van der Waals surface area contributed by atoms with Crippen LogP contribution in [0.2, 0.25) is 0 Å². The molecule has 5 unspecified atom stereocenters. The molecule has 2 fully saturated rings. The van der Waals surface area contributed by atoms with Gasteiger partial charge in [-0.05, 0) is 38.0 Å². The van der Waals surface area contributed by atoms with Gasteiger partial charge in [-0.25, -0.2) is 0 Å². The molecular formula is C15H21NO3. The summed E-state index contributed by atoms with van der Waals surface area (Å²) < 4.78 is 0. The predicted molar refractivity (Wildman–Crippen MR) is 70.0 cm³/mol. The van der Waals surface area contributed by atoms with E-state index in [1.807, 2.05) is 13.8 Å². The van der Waals surface area contributed by atoms with Crippen molar-refractivity contribution in [3.05, 3.63) is 12.2 Å². The lowest BCUT2D eigenvalue weighted by Crippen LogP contribution is -2.51. The van der Waals surface area contributed by atoms with Crippen molar-refractivity contribution in [2.24, 2.45) is 23.7 Å².